The van der Waals surface area contributed by atoms with Crippen LogP contribution in [-0.4, -0.2) is 18.4 Å². The highest BCUT2D eigenvalue weighted by Gasteiger charge is 2.20. The van der Waals surface area contributed by atoms with Gasteiger partial charge in [0.2, 0.25) is 0 Å². The standard InChI is InChI=1S/C16H13F3N2O3/c1-2-24-14-8(4-3-5-10(14)17)16(23)21-13-6-9(15(20)22)11(18)7-12(13)19/h3-7H,2H2,1H3,(H2,20,22)(H,21,23). The number of carbonyl (C=O) groups is 2. The van der Waals surface area contributed by atoms with Crippen molar-refractivity contribution in [3.8, 4) is 5.75 Å². The van der Waals surface area contributed by atoms with Crippen molar-refractivity contribution in [3.63, 3.8) is 0 Å². The Morgan fingerprint density at radius 1 is 1.08 bits per heavy atom. The molecule has 24 heavy (non-hydrogen) atoms. The number of halogens is 3. The predicted octanol–water partition coefficient (Wildman–Crippen LogP) is 2.85. The zero-order valence-electron chi connectivity index (χ0n) is 12.5. The lowest BCUT2D eigenvalue weighted by molar-refractivity contribution is 0.0991. The number of rotatable bonds is 5. The maximum Gasteiger partial charge on any atom is 0.259 e. The molecule has 126 valence electrons. The fourth-order valence-electron chi connectivity index (χ4n) is 2.00. The minimum absolute atomic E-state index is 0.109. The van der Waals surface area contributed by atoms with Crippen LogP contribution in [0.25, 0.3) is 0 Å². The molecule has 0 bridgehead atoms. The largest absolute Gasteiger partial charge is 0.490 e. The summed E-state index contributed by atoms with van der Waals surface area (Å²) in [5.74, 6) is -5.33. The Kier molecular flexibility index (Phi) is 5.08. The van der Waals surface area contributed by atoms with Gasteiger partial charge in [-0.2, -0.15) is 0 Å². The van der Waals surface area contributed by atoms with Gasteiger partial charge in [-0.1, -0.05) is 6.07 Å². The molecule has 0 aliphatic rings. The average Bonchev–Trinajstić information content (AvgIpc) is 2.51. The number of nitrogens with two attached hydrogens (primary N) is 1. The third kappa shape index (κ3) is 3.48. The molecule has 0 aliphatic carbocycles. The van der Waals surface area contributed by atoms with Crippen LogP contribution in [0.5, 0.6) is 5.75 Å². The van der Waals surface area contributed by atoms with Gasteiger partial charge >= 0.3 is 0 Å². The van der Waals surface area contributed by atoms with E-state index in [0.29, 0.717) is 6.07 Å². The fraction of sp³-hybridized carbons (Fsp3) is 0.125. The van der Waals surface area contributed by atoms with Crippen molar-refractivity contribution < 1.29 is 27.5 Å². The molecule has 0 heterocycles. The van der Waals surface area contributed by atoms with Crippen LogP contribution in [0.4, 0.5) is 18.9 Å². The van der Waals surface area contributed by atoms with Crippen LogP contribution in [0.3, 0.4) is 0 Å². The molecule has 2 amide bonds. The third-order valence-electron chi connectivity index (χ3n) is 3.07. The molecule has 0 atom stereocenters. The van der Waals surface area contributed by atoms with E-state index in [-0.39, 0.29) is 17.9 Å². The summed E-state index contributed by atoms with van der Waals surface area (Å²) >= 11 is 0. The number of benzene rings is 2. The second-order valence-corrected chi connectivity index (χ2v) is 4.68. The summed E-state index contributed by atoms with van der Waals surface area (Å²) in [5.41, 5.74) is 3.74. The van der Waals surface area contributed by atoms with E-state index in [9.17, 15) is 22.8 Å². The molecular formula is C16H13F3N2O3. The number of primary amides is 1. The van der Waals surface area contributed by atoms with Crippen molar-refractivity contribution in [2.24, 2.45) is 5.73 Å². The summed E-state index contributed by atoms with van der Waals surface area (Å²) in [4.78, 5) is 23.3. The molecule has 2 aromatic rings. The maximum atomic E-state index is 13.8. The number of para-hydroxylation sites is 1. The van der Waals surface area contributed by atoms with Crippen molar-refractivity contribution in [2.75, 3.05) is 11.9 Å². The number of nitrogens with one attached hydrogen (secondary N) is 1. The molecule has 3 N–H and O–H groups in total. The summed E-state index contributed by atoms with van der Waals surface area (Å²) in [7, 11) is 0. The highest BCUT2D eigenvalue weighted by Crippen LogP contribution is 2.25. The average molecular weight is 338 g/mol. The van der Waals surface area contributed by atoms with Gasteiger partial charge in [0.15, 0.2) is 11.6 Å². The molecule has 0 saturated carbocycles. The van der Waals surface area contributed by atoms with Gasteiger partial charge in [-0.05, 0) is 25.1 Å². The molecule has 0 unspecified atom stereocenters. The van der Waals surface area contributed by atoms with Crippen LogP contribution >= 0.6 is 0 Å². The van der Waals surface area contributed by atoms with Crippen LogP contribution in [0, 0.1) is 17.5 Å². The van der Waals surface area contributed by atoms with E-state index in [4.69, 9.17) is 10.5 Å². The zero-order valence-corrected chi connectivity index (χ0v) is 12.5. The van der Waals surface area contributed by atoms with E-state index in [1.807, 2.05) is 0 Å². The number of carbonyl (C=O) groups excluding carboxylic acids is 2. The predicted molar refractivity (Wildman–Crippen MR) is 80.4 cm³/mol. The molecule has 0 radical (unpaired) electrons. The first-order valence-electron chi connectivity index (χ1n) is 6.86. The molecule has 0 aromatic heterocycles. The molecule has 0 saturated heterocycles. The number of anilines is 1. The first-order valence-corrected chi connectivity index (χ1v) is 6.86. The first-order chi connectivity index (χ1) is 11.3. The Labute approximate surface area is 135 Å². The van der Waals surface area contributed by atoms with E-state index >= 15 is 0 Å². The highest BCUT2D eigenvalue weighted by molar-refractivity contribution is 6.07. The van der Waals surface area contributed by atoms with Gasteiger partial charge in [-0.25, -0.2) is 13.2 Å². The zero-order chi connectivity index (χ0) is 17.9. The van der Waals surface area contributed by atoms with E-state index in [1.165, 1.54) is 12.1 Å². The smallest absolute Gasteiger partial charge is 0.259 e. The molecule has 2 rings (SSSR count). The number of hydrogen-bond donors (Lipinski definition) is 2. The quantitative estimate of drug-likeness (QED) is 0.879. The normalized spacial score (nSPS) is 10.3. The van der Waals surface area contributed by atoms with Crippen molar-refractivity contribution in [1.29, 1.82) is 0 Å². The van der Waals surface area contributed by atoms with Crippen molar-refractivity contribution in [2.45, 2.75) is 6.92 Å². The molecule has 2 aromatic carbocycles. The lowest BCUT2D eigenvalue weighted by Gasteiger charge is -2.12. The molecule has 5 nitrogen and oxygen atoms in total. The lowest BCUT2D eigenvalue weighted by atomic mass is 10.1. The SMILES string of the molecule is CCOc1c(F)cccc1C(=O)Nc1cc(C(N)=O)c(F)cc1F. The van der Waals surface area contributed by atoms with Gasteiger partial charge in [0.05, 0.1) is 23.4 Å². The number of hydrogen-bond acceptors (Lipinski definition) is 3. The van der Waals surface area contributed by atoms with Gasteiger partial charge in [0.25, 0.3) is 11.8 Å². The second kappa shape index (κ2) is 7.03. The summed E-state index contributed by atoms with van der Waals surface area (Å²) in [6.45, 7) is 1.71. The first kappa shape index (κ1) is 17.3. The van der Waals surface area contributed by atoms with Crippen LogP contribution in [0.15, 0.2) is 30.3 Å². The maximum absolute atomic E-state index is 13.8. The topological polar surface area (TPSA) is 81.4 Å². The van der Waals surface area contributed by atoms with E-state index in [0.717, 1.165) is 12.1 Å². The third-order valence-corrected chi connectivity index (χ3v) is 3.07. The molecule has 8 heteroatoms. The van der Waals surface area contributed by atoms with E-state index < -0.39 is 40.5 Å². The second-order valence-electron chi connectivity index (χ2n) is 4.68. The Bertz CT molecular complexity index is 809. The Morgan fingerprint density at radius 3 is 2.42 bits per heavy atom. The monoisotopic (exact) mass is 338 g/mol. The molecule has 0 spiro atoms. The van der Waals surface area contributed by atoms with Gasteiger partial charge < -0.3 is 15.8 Å². The molecular weight excluding hydrogens is 325 g/mol. The van der Waals surface area contributed by atoms with Crippen LogP contribution in [-0.2, 0) is 0 Å². The summed E-state index contributed by atoms with van der Waals surface area (Å²) in [6.07, 6.45) is 0. The van der Waals surface area contributed by atoms with Crippen LogP contribution in [0.1, 0.15) is 27.6 Å². The number of amides is 2. The molecule has 0 fully saturated rings. The Balaban J connectivity index is 2.39. The fourth-order valence-corrected chi connectivity index (χ4v) is 2.00. The van der Waals surface area contributed by atoms with Gasteiger partial charge in [-0.3, -0.25) is 9.59 Å². The molecule has 0 aliphatic heterocycles. The Morgan fingerprint density at radius 2 is 1.79 bits per heavy atom. The number of ether oxygens (including phenoxy) is 1. The van der Waals surface area contributed by atoms with Gasteiger partial charge in [-0.15, -0.1) is 0 Å². The highest BCUT2D eigenvalue weighted by atomic mass is 19.1. The minimum Gasteiger partial charge on any atom is -0.490 e. The van der Waals surface area contributed by atoms with Crippen molar-refractivity contribution in [3.05, 3.63) is 58.9 Å². The van der Waals surface area contributed by atoms with Gasteiger partial charge in [0, 0.05) is 6.07 Å². The van der Waals surface area contributed by atoms with Crippen molar-refractivity contribution in [1.82, 2.24) is 0 Å². The summed E-state index contributed by atoms with van der Waals surface area (Å²) in [5, 5.41) is 2.14. The van der Waals surface area contributed by atoms with Crippen molar-refractivity contribution >= 4 is 17.5 Å². The van der Waals surface area contributed by atoms with E-state index in [2.05, 4.69) is 5.32 Å². The van der Waals surface area contributed by atoms with Crippen LogP contribution < -0.4 is 15.8 Å². The van der Waals surface area contributed by atoms with Gasteiger partial charge in [0.1, 0.15) is 11.6 Å². The van der Waals surface area contributed by atoms with Crippen LogP contribution in [0.2, 0.25) is 0 Å². The van der Waals surface area contributed by atoms with E-state index in [1.54, 1.807) is 6.92 Å². The Hall–Kier alpha value is -3.03. The summed E-state index contributed by atoms with van der Waals surface area (Å²) in [6, 6.07) is 4.85. The lowest BCUT2D eigenvalue weighted by Crippen LogP contribution is -2.18. The minimum atomic E-state index is -1.15. The summed E-state index contributed by atoms with van der Waals surface area (Å²) < 4.78 is 46.0.